The molecule has 0 radical (unpaired) electrons. The lowest BCUT2D eigenvalue weighted by Gasteiger charge is -2.20. The molecular formula is C22H27Cl2N3O2S. The topological polar surface area (TPSA) is 85.1 Å². The minimum Gasteiger partial charge on any atom is -0.326 e. The highest BCUT2D eigenvalue weighted by atomic mass is 35.5. The number of hydrogen-bond acceptors (Lipinski definition) is 5. The van der Waals surface area contributed by atoms with Crippen LogP contribution in [-0.4, -0.2) is 16.1 Å². The molecule has 1 saturated heterocycles. The average Bonchev–Trinajstić information content (AvgIpc) is 2.94. The zero-order valence-corrected chi connectivity index (χ0v) is 19.9. The van der Waals surface area contributed by atoms with Crippen LogP contribution in [-0.2, 0) is 17.8 Å². The van der Waals surface area contributed by atoms with Crippen molar-refractivity contribution in [2.24, 2.45) is 11.7 Å². The van der Waals surface area contributed by atoms with Gasteiger partial charge in [-0.1, -0.05) is 43.7 Å². The third-order valence-electron chi connectivity index (χ3n) is 4.68. The van der Waals surface area contributed by atoms with E-state index in [2.05, 4.69) is 43.4 Å². The number of amides is 2. The first-order valence-corrected chi connectivity index (χ1v) is 10.2. The number of carbonyl (C=O) groups excluding carboxylic acids is 2. The number of nitrogens with one attached hydrogen (secondary N) is 1. The maximum Gasteiger partial charge on any atom is 0.290 e. The highest BCUT2D eigenvalue weighted by Crippen LogP contribution is 2.36. The Labute approximate surface area is 194 Å². The first-order chi connectivity index (χ1) is 13.3. The zero-order valence-electron chi connectivity index (χ0n) is 17.4. The van der Waals surface area contributed by atoms with Crippen LogP contribution in [0.15, 0.2) is 29.2 Å². The molecule has 30 heavy (non-hydrogen) atoms. The number of halogens is 2. The number of pyridine rings is 1. The van der Waals surface area contributed by atoms with Gasteiger partial charge in [0.15, 0.2) is 0 Å². The molecule has 0 atom stereocenters. The van der Waals surface area contributed by atoms with E-state index < -0.39 is 0 Å². The molecule has 5 nitrogen and oxygen atoms in total. The maximum absolute atomic E-state index is 12.1. The molecule has 1 aliphatic heterocycles. The van der Waals surface area contributed by atoms with E-state index in [0.29, 0.717) is 17.4 Å². The molecule has 0 unspecified atom stereocenters. The summed E-state index contributed by atoms with van der Waals surface area (Å²) in [6, 6.07) is 8.25. The maximum atomic E-state index is 12.1. The van der Waals surface area contributed by atoms with Gasteiger partial charge in [0.05, 0.1) is 4.91 Å². The fourth-order valence-electron chi connectivity index (χ4n) is 3.37. The normalized spacial score (nSPS) is 14.5. The van der Waals surface area contributed by atoms with Crippen molar-refractivity contribution in [1.82, 2.24) is 10.3 Å². The molecule has 1 aromatic carbocycles. The quantitative estimate of drug-likeness (QED) is 0.590. The lowest BCUT2D eigenvalue weighted by atomic mass is 9.89. The Kier molecular flexibility index (Phi) is 9.56. The Morgan fingerprint density at radius 1 is 1.13 bits per heavy atom. The molecule has 1 aliphatic rings. The molecule has 2 aromatic rings. The number of hydrogen-bond donors (Lipinski definition) is 2. The first-order valence-electron chi connectivity index (χ1n) is 9.34. The van der Waals surface area contributed by atoms with Crippen LogP contribution in [0, 0.1) is 19.8 Å². The number of rotatable bonds is 5. The molecular weight excluding hydrogens is 441 g/mol. The summed E-state index contributed by atoms with van der Waals surface area (Å²) in [6.45, 7) is 8.65. The van der Waals surface area contributed by atoms with Gasteiger partial charge in [0, 0.05) is 23.5 Å². The van der Waals surface area contributed by atoms with E-state index >= 15 is 0 Å². The predicted octanol–water partition coefficient (Wildman–Crippen LogP) is 5.19. The van der Waals surface area contributed by atoms with Crippen molar-refractivity contribution < 1.29 is 9.59 Å². The van der Waals surface area contributed by atoms with Crippen molar-refractivity contribution in [3.05, 3.63) is 57.2 Å². The first kappa shape index (κ1) is 26.2. The van der Waals surface area contributed by atoms with Gasteiger partial charge in [-0.05, 0) is 60.7 Å². The molecule has 0 aliphatic carbocycles. The van der Waals surface area contributed by atoms with Crippen LogP contribution in [0.4, 0.5) is 4.79 Å². The Morgan fingerprint density at radius 2 is 1.77 bits per heavy atom. The van der Waals surface area contributed by atoms with E-state index in [-0.39, 0.29) is 36.0 Å². The number of benzene rings is 1. The van der Waals surface area contributed by atoms with E-state index in [4.69, 9.17) is 10.7 Å². The molecule has 1 aromatic heterocycles. The van der Waals surface area contributed by atoms with E-state index in [1.807, 2.05) is 13.8 Å². The third-order valence-corrected chi connectivity index (χ3v) is 5.49. The van der Waals surface area contributed by atoms with Crippen molar-refractivity contribution in [3.8, 4) is 11.1 Å². The van der Waals surface area contributed by atoms with Crippen LogP contribution in [0.25, 0.3) is 17.2 Å². The van der Waals surface area contributed by atoms with Crippen molar-refractivity contribution in [1.29, 1.82) is 0 Å². The number of nitrogens with two attached hydrogens (primary N) is 1. The van der Waals surface area contributed by atoms with Crippen molar-refractivity contribution in [2.45, 2.75) is 40.7 Å². The Balaban J connectivity index is 0.00000225. The van der Waals surface area contributed by atoms with E-state index in [9.17, 15) is 9.59 Å². The van der Waals surface area contributed by atoms with Crippen molar-refractivity contribution in [2.75, 3.05) is 0 Å². The number of carbonyl (C=O) groups is 2. The van der Waals surface area contributed by atoms with Crippen LogP contribution in [0.3, 0.4) is 0 Å². The Hall–Kier alpha value is -1.86. The van der Waals surface area contributed by atoms with Crippen LogP contribution in [0.1, 0.15) is 41.9 Å². The number of nitrogens with zero attached hydrogens (tertiary/aromatic N) is 1. The number of aryl methyl sites for hydroxylation is 2. The summed E-state index contributed by atoms with van der Waals surface area (Å²) >= 11 is 0.914. The van der Waals surface area contributed by atoms with Gasteiger partial charge in [0.25, 0.3) is 11.1 Å². The van der Waals surface area contributed by atoms with Crippen molar-refractivity contribution in [3.63, 3.8) is 0 Å². The van der Waals surface area contributed by atoms with Crippen LogP contribution in [0.2, 0.25) is 0 Å². The Morgan fingerprint density at radius 3 is 2.27 bits per heavy atom. The largest absolute Gasteiger partial charge is 0.326 e. The summed E-state index contributed by atoms with van der Waals surface area (Å²) in [5, 5.41) is 1.96. The second-order valence-corrected chi connectivity index (χ2v) is 8.45. The van der Waals surface area contributed by atoms with Gasteiger partial charge >= 0.3 is 0 Å². The van der Waals surface area contributed by atoms with E-state index in [1.54, 1.807) is 6.08 Å². The second-order valence-electron chi connectivity index (χ2n) is 7.43. The van der Waals surface area contributed by atoms with Crippen molar-refractivity contribution >= 4 is 53.8 Å². The van der Waals surface area contributed by atoms with Crippen LogP contribution < -0.4 is 11.1 Å². The number of imide groups is 1. The fraction of sp³-hybridized carbons (Fsp3) is 0.318. The summed E-state index contributed by atoms with van der Waals surface area (Å²) in [5.41, 5.74) is 13.0. The summed E-state index contributed by atoms with van der Waals surface area (Å²) in [5.74, 6) is 0.0749. The molecule has 8 heteroatoms. The van der Waals surface area contributed by atoms with E-state index in [1.165, 1.54) is 5.56 Å². The third kappa shape index (κ3) is 5.64. The summed E-state index contributed by atoms with van der Waals surface area (Å²) < 4.78 is 0. The molecule has 3 rings (SSSR count). The van der Waals surface area contributed by atoms with Crippen LogP contribution in [0.5, 0.6) is 0 Å². The summed E-state index contributed by atoms with van der Waals surface area (Å²) in [6.07, 6.45) is 2.59. The number of aromatic nitrogens is 1. The van der Waals surface area contributed by atoms with Gasteiger partial charge < -0.3 is 5.73 Å². The summed E-state index contributed by atoms with van der Waals surface area (Å²) in [7, 11) is 0. The second kappa shape index (κ2) is 11.0. The Bertz CT molecular complexity index is 973. The summed E-state index contributed by atoms with van der Waals surface area (Å²) in [4.78, 5) is 28.9. The molecule has 3 N–H and O–H groups in total. The smallest absolute Gasteiger partial charge is 0.290 e. The monoisotopic (exact) mass is 467 g/mol. The molecule has 0 saturated carbocycles. The molecule has 1 fully saturated rings. The lowest BCUT2D eigenvalue weighted by molar-refractivity contribution is -0.115. The van der Waals surface area contributed by atoms with Crippen LogP contribution >= 0.6 is 36.6 Å². The van der Waals surface area contributed by atoms with Gasteiger partial charge in [-0.25, -0.2) is 0 Å². The van der Waals surface area contributed by atoms with Gasteiger partial charge in [0.1, 0.15) is 0 Å². The molecule has 2 amide bonds. The van der Waals surface area contributed by atoms with Gasteiger partial charge in [-0.2, -0.15) is 0 Å². The van der Waals surface area contributed by atoms with E-state index in [0.717, 1.165) is 51.8 Å². The zero-order chi connectivity index (χ0) is 20.4. The molecule has 2 heterocycles. The SMILES string of the molecule is Cc1ccc(-c2c(/C=C3/SC(=O)NC3=O)c(C)nc(CC(C)C)c2CN)cc1.Cl.Cl. The minimum atomic E-state index is -0.371. The molecule has 162 valence electrons. The number of thioether (sulfide) groups is 1. The predicted molar refractivity (Wildman–Crippen MR) is 129 cm³/mol. The highest BCUT2D eigenvalue weighted by molar-refractivity contribution is 8.18. The highest BCUT2D eigenvalue weighted by Gasteiger charge is 2.27. The van der Waals surface area contributed by atoms with Gasteiger partial charge in [0.2, 0.25) is 0 Å². The van der Waals surface area contributed by atoms with Gasteiger partial charge in [-0.3, -0.25) is 19.9 Å². The molecule has 0 spiro atoms. The standard InChI is InChI=1S/C22H25N3O2S.2ClH/c1-12(2)9-18-17(11-23)20(15-7-5-13(3)6-8-15)16(14(4)24-18)10-19-21(26)25-22(27)28-19;;/h5-8,10,12H,9,11,23H2,1-4H3,(H,25,26,27);2*1H/b19-10+;;. The van der Waals surface area contributed by atoms with Gasteiger partial charge in [-0.15, -0.1) is 24.8 Å². The molecule has 0 bridgehead atoms. The minimum absolute atomic E-state index is 0. The fourth-order valence-corrected chi connectivity index (χ4v) is 4.04. The lowest BCUT2D eigenvalue weighted by Crippen LogP contribution is -2.18. The average molecular weight is 468 g/mol.